The Balaban J connectivity index is 1.96. The summed E-state index contributed by atoms with van der Waals surface area (Å²) >= 11 is 0. The highest BCUT2D eigenvalue weighted by Crippen LogP contribution is 2.23. The molecular formula is C21H26O. The topological polar surface area (TPSA) is 17.1 Å². The molecule has 0 saturated carbocycles. The zero-order valence-electron chi connectivity index (χ0n) is 13.8. The first-order chi connectivity index (χ1) is 10.6. The predicted molar refractivity (Wildman–Crippen MR) is 94.4 cm³/mol. The summed E-state index contributed by atoms with van der Waals surface area (Å²) in [5, 5.41) is 0. The van der Waals surface area contributed by atoms with E-state index in [4.69, 9.17) is 0 Å². The van der Waals surface area contributed by atoms with Gasteiger partial charge >= 0.3 is 0 Å². The number of hydrogen-bond acceptors (Lipinski definition) is 1. The van der Waals surface area contributed by atoms with E-state index in [1.54, 1.807) is 0 Å². The monoisotopic (exact) mass is 294 g/mol. The molecule has 1 aliphatic carbocycles. The SMILES string of the molecule is C=C(CCC(=O)c1ccc2c(c1)CCCC2)/C(C)=C/C=C\C. The minimum atomic E-state index is 0.230. The quantitative estimate of drug-likeness (QED) is 0.492. The molecule has 1 aliphatic rings. The second kappa shape index (κ2) is 7.93. The van der Waals surface area contributed by atoms with E-state index in [0.717, 1.165) is 36.0 Å². The Labute approximate surface area is 134 Å². The highest BCUT2D eigenvalue weighted by Gasteiger charge is 2.13. The number of carbonyl (C=O) groups excluding carboxylic acids is 1. The summed E-state index contributed by atoms with van der Waals surface area (Å²) in [6, 6.07) is 6.26. The molecule has 0 N–H and O–H groups in total. The van der Waals surface area contributed by atoms with Crippen molar-refractivity contribution < 1.29 is 4.79 Å². The summed E-state index contributed by atoms with van der Waals surface area (Å²) < 4.78 is 0. The fourth-order valence-electron chi connectivity index (χ4n) is 2.87. The van der Waals surface area contributed by atoms with Gasteiger partial charge in [-0.25, -0.2) is 0 Å². The van der Waals surface area contributed by atoms with Crippen molar-refractivity contribution >= 4 is 5.78 Å². The van der Waals surface area contributed by atoms with Crippen LogP contribution in [0.4, 0.5) is 0 Å². The molecule has 0 unspecified atom stereocenters. The average Bonchev–Trinajstić information content (AvgIpc) is 2.56. The van der Waals surface area contributed by atoms with Gasteiger partial charge in [-0.3, -0.25) is 4.79 Å². The lowest BCUT2D eigenvalue weighted by Gasteiger charge is -2.16. The van der Waals surface area contributed by atoms with Crippen LogP contribution >= 0.6 is 0 Å². The van der Waals surface area contributed by atoms with Gasteiger partial charge in [0.1, 0.15) is 0 Å². The Morgan fingerprint density at radius 1 is 1.18 bits per heavy atom. The first kappa shape index (κ1) is 16.5. The number of Topliss-reactive ketones (excluding diaryl/α,β-unsaturated/α-hetero) is 1. The van der Waals surface area contributed by atoms with E-state index in [1.165, 1.54) is 24.0 Å². The van der Waals surface area contributed by atoms with Gasteiger partial charge in [0.15, 0.2) is 5.78 Å². The van der Waals surface area contributed by atoms with E-state index in [0.29, 0.717) is 6.42 Å². The Kier molecular flexibility index (Phi) is 5.94. The van der Waals surface area contributed by atoms with Crippen LogP contribution < -0.4 is 0 Å². The number of aryl methyl sites for hydroxylation is 2. The van der Waals surface area contributed by atoms with Crippen LogP contribution in [-0.2, 0) is 12.8 Å². The number of benzene rings is 1. The molecule has 0 aliphatic heterocycles. The molecule has 0 amide bonds. The number of ketones is 1. The zero-order valence-corrected chi connectivity index (χ0v) is 13.8. The molecule has 0 heterocycles. The van der Waals surface area contributed by atoms with Gasteiger partial charge in [0.2, 0.25) is 0 Å². The lowest BCUT2D eigenvalue weighted by atomic mass is 9.89. The first-order valence-electron chi connectivity index (χ1n) is 8.24. The number of rotatable bonds is 6. The summed E-state index contributed by atoms with van der Waals surface area (Å²) in [5.74, 6) is 0.230. The average molecular weight is 294 g/mol. The van der Waals surface area contributed by atoms with E-state index in [9.17, 15) is 4.79 Å². The van der Waals surface area contributed by atoms with E-state index in [-0.39, 0.29) is 5.78 Å². The maximum Gasteiger partial charge on any atom is 0.163 e. The van der Waals surface area contributed by atoms with Crippen LogP contribution in [0.25, 0.3) is 0 Å². The van der Waals surface area contributed by atoms with Crippen LogP contribution in [0.2, 0.25) is 0 Å². The molecule has 1 aromatic rings. The number of fused-ring (bicyclic) bond motifs is 1. The Hall–Kier alpha value is -1.89. The smallest absolute Gasteiger partial charge is 0.163 e. The second-order valence-corrected chi connectivity index (χ2v) is 6.09. The predicted octanol–water partition coefficient (Wildman–Crippen LogP) is 5.61. The Morgan fingerprint density at radius 2 is 1.91 bits per heavy atom. The van der Waals surface area contributed by atoms with Crippen molar-refractivity contribution in [2.45, 2.75) is 52.4 Å². The van der Waals surface area contributed by atoms with Crippen LogP contribution in [0.5, 0.6) is 0 Å². The van der Waals surface area contributed by atoms with Crippen molar-refractivity contribution in [2.24, 2.45) is 0 Å². The fourth-order valence-corrected chi connectivity index (χ4v) is 2.87. The van der Waals surface area contributed by atoms with E-state index < -0.39 is 0 Å². The van der Waals surface area contributed by atoms with Crippen molar-refractivity contribution in [3.8, 4) is 0 Å². The molecule has 116 valence electrons. The lowest BCUT2D eigenvalue weighted by Crippen LogP contribution is -2.06. The zero-order chi connectivity index (χ0) is 15.9. The first-order valence-corrected chi connectivity index (χ1v) is 8.24. The van der Waals surface area contributed by atoms with Crippen LogP contribution in [-0.4, -0.2) is 5.78 Å². The minimum absolute atomic E-state index is 0.230. The maximum absolute atomic E-state index is 12.4. The molecular weight excluding hydrogens is 268 g/mol. The van der Waals surface area contributed by atoms with Crippen molar-refractivity contribution in [3.63, 3.8) is 0 Å². The molecule has 1 nitrogen and oxygen atoms in total. The molecule has 0 spiro atoms. The summed E-state index contributed by atoms with van der Waals surface area (Å²) in [4.78, 5) is 12.4. The molecule has 0 saturated heterocycles. The van der Waals surface area contributed by atoms with E-state index in [1.807, 2.05) is 38.1 Å². The third kappa shape index (κ3) is 4.30. The van der Waals surface area contributed by atoms with Gasteiger partial charge in [0.25, 0.3) is 0 Å². The van der Waals surface area contributed by atoms with Gasteiger partial charge < -0.3 is 0 Å². The van der Waals surface area contributed by atoms with Crippen LogP contribution in [0.1, 0.15) is 61.0 Å². The molecule has 0 fully saturated rings. The van der Waals surface area contributed by atoms with Crippen molar-refractivity contribution in [2.75, 3.05) is 0 Å². The largest absolute Gasteiger partial charge is 0.294 e. The van der Waals surface area contributed by atoms with Crippen LogP contribution in [0.15, 0.2) is 54.2 Å². The normalized spacial score (nSPS) is 14.9. The lowest BCUT2D eigenvalue weighted by molar-refractivity contribution is 0.0983. The van der Waals surface area contributed by atoms with Gasteiger partial charge in [-0.2, -0.15) is 0 Å². The third-order valence-corrected chi connectivity index (χ3v) is 4.42. The fraction of sp³-hybridized carbons (Fsp3) is 0.381. The standard InChI is InChI=1S/C21H26O/c1-4-5-8-16(2)17(3)11-14-21(22)20-13-12-18-9-6-7-10-19(18)15-20/h4-5,8,12-13,15H,3,6-7,9-11,14H2,1-2H3/b5-4-,16-8+. The van der Waals surface area contributed by atoms with Crippen LogP contribution in [0.3, 0.4) is 0 Å². The van der Waals surface area contributed by atoms with Gasteiger partial charge in [-0.1, -0.05) is 42.5 Å². The third-order valence-electron chi connectivity index (χ3n) is 4.42. The Morgan fingerprint density at radius 3 is 2.64 bits per heavy atom. The molecule has 1 heteroatoms. The number of carbonyl (C=O) groups is 1. The van der Waals surface area contributed by atoms with Crippen molar-refractivity contribution in [1.82, 2.24) is 0 Å². The highest BCUT2D eigenvalue weighted by atomic mass is 16.1. The number of hydrogen-bond donors (Lipinski definition) is 0. The van der Waals surface area contributed by atoms with E-state index >= 15 is 0 Å². The van der Waals surface area contributed by atoms with Crippen molar-refractivity contribution in [3.05, 3.63) is 70.8 Å². The maximum atomic E-state index is 12.4. The highest BCUT2D eigenvalue weighted by molar-refractivity contribution is 5.96. The summed E-state index contributed by atoms with van der Waals surface area (Å²) in [6.45, 7) is 8.13. The molecule has 0 radical (unpaired) electrons. The molecule has 22 heavy (non-hydrogen) atoms. The molecule has 0 aromatic heterocycles. The molecule has 2 rings (SSSR count). The van der Waals surface area contributed by atoms with Crippen LogP contribution in [0, 0.1) is 0 Å². The Bertz CT molecular complexity index is 617. The number of allylic oxidation sites excluding steroid dienone is 5. The van der Waals surface area contributed by atoms with Crippen molar-refractivity contribution in [1.29, 1.82) is 0 Å². The molecule has 0 atom stereocenters. The van der Waals surface area contributed by atoms with Gasteiger partial charge in [0, 0.05) is 12.0 Å². The van der Waals surface area contributed by atoms with Gasteiger partial charge in [-0.15, -0.1) is 0 Å². The van der Waals surface area contributed by atoms with Gasteiger partial charge in [-0.05, 0) is 68.7 Å². The summed E-state index contributed by atoms with van der Waals surface area (Å²) in [7, 11) is 0. The minimum Gasteiger partial charge on any atom is -0.294 e. The summed E-state index contributed by atoms with van der Waals surface area (Å²) in [5.41, 5.74) is 5.86. The molecule has 1 aromatic carbocycles. The summed E-state index contributed by atoms with van der Waals surface area (Å²) in [6.07, 6.45) is 12.1. The molecule has 0 bridgehead atoms. The van der Waals surface area contributed by atoms with Gasteiger partial charge in [0.05, 0.1) is 0 Å². The van der Waals surface area contributed by atoms with E-state index in [2.05, 4.69) is 18.7 Å². The second-order valence-electron chi connectivity index (χ2n) is 6.09.